The van der Waals surface area contributed by atoms with Crippen molar-refractivity contribution in [3.63, 3.8) is 0 Å². The molecule has 0 aromatic carbocycles. The van der Waals surface area contributed by atoms with Gasteiger partial charge < -0.3 is 13.6 Å². The summed E-state index contributed by atoms with van der Waals surface area (Å²) in [6.45, 7) is 27.8. The lowest BCUT2D eigenvalue weighted by Crippen LogP contribution is -2.48. The van der Waals surface area contributed by atoms with Crippen molar-refractivity contribution < 1.29 is 18.4 Å². The fraction of sp³-hybridized carbons (Fsp3) is 0.800. The Kier molecular flexibility index (Phi) is 12.6. The number of rotatable bonds is 11. The van der Waals surface area contributed by atoms with E-state index >= 15 is 0 Å². The molecule has 0 unspecified atom stereocenters. The molecule has 31 heavy (non-hydrogen) atoms. The normalized spacial score (nSPS) is 13.6. The minimum Gasteiger partial charge on any atom is -0.463 e. The molecule has 0 aromatic rings. The summed E-state index contributed by atoms with van der Waals surface area (Å²) in [6, 6.07) is 0. The quantitative estimate of drug-likeness (QED) is 0.107. The summed E-state index contributed by atoms with van der Waals surface area (Å²) in [5.74, 6) is 5.99. The van der Waals surface area contributed by atoms with E-state index in [0.717, 1.165) is 0 Å². The maximum atomic E-state index is 12.1. The topological polar surface area (TPSA) is 44.8 Å². The largest absolute Gasteiger partial charge is 0.463 e. The molecule has 6 heteroatoms. The van der Waals surface area contributed by atoms with Crippen LogP contribution in [0.2, 0.25) is 34.8 Å². The molecular formula is C25H48O4Si2. The Morgan fingerprint density at radius 3 is 1.90 bits per heavy atom. The number of esters is 1. The van der Waals surface area contributed by atoms with Crippen molar-refractivity contribution in [2.24, 2.45) is 0 Å². The molecule has 0 aromatic heterocycles. The molecule has 0 rings (SSSR count). The Bertz CT molecular complexity index is 625. The van der Waals surface area contributed by atoms with Crippen molar-refractivity contribution in [3.05, 3.63) is 11.6 Å². The lowest BCUT2D eigenvalue weighted by atomic mass is 10.2. The van der Waals surface area contributed by atoms with Crippen molar-refractivity contribution in [3.8, 4) is 11.8 Å². The van der Waals surface area contributed by atoms with Crippen LogP contribution in [0.25, 0.3) is 0 Å². The van der Waals surface area contributed by atoms with Crippen molar-refractivity contribution in [2.45, 2.75) is 110 Å². The van der Waals surface area contributed by atoms with E-state index < -0.39 is 16.6 Å². The Morgan fingerprint density at radius 1 is 0.968 bits per heavy atom. The van der Waals surface area contributed by atoms with Gasteiger partial charge in [-0.3, -0.25) is 0 Å². The van der Waals surface area contributed by atoms with Crippen LogP contribution in [0.15, 0.2) is 11.6 Å². The lowest BCUT2D eigenvalue weighted by Gasteiger charge is -2.42. The van der Waals surface area contributed by atoms with Crippen molar-refractivity contribution >= 4 is 22.6 Å². The number of ether oxygens (including phenoxy) is 1. The van der Waals surface area contributed by atoms with Gasteiger partial charge in [-0.05, 0) is 41.7 Å². The third-order valence-electron chi connectivity index (χ3n) is 6.51. The minimum absolute atomic E-state index is 0.182. The van der Waals surface area contributed by atoms with Crippen LogP contribution in [0.1, 0.15) is 75.7 Å². The van der Waals surface area contributed by atoms with Crippen LogP contribution in [-0.2, 0) is 18.4 Å². The van der Waals surface area contributed by atoms with Crippen LogP contribution >= 0.6 is 0 Å². The van der Waals surface area contributed by atoms with E-state index in [4.69, 9.17) is 13.6 Å². The highest BCUT2D eigenvalue weighted by Gasteiger charge is 2.45. The Hall–Kier alpha value is -0.876. The van der Waals surface area contributed by atoms with Crippen LogP contribution in [0, 0.1) is 11.8 Å². The second-order valence-electron chi connectivity index (χ2n) is 10.7. The smallest absolute Gasteiger partial charge is 0.331 e. The zero-order chi connectivity index (χ0) is 24.5. The molecule has 0 bridgehead atoms. The van der Waals surface area contributed by atoms with Gasteiger partial charge in [-0.1, -0.05) is 74.2 Å². The van der Waals surface area contributed by atoms with Gasteiger partial charge >= 0.3 is 5.97 Å². The van der Waals surface area contributed by atoms with E-state index in [1.165, 1.54) is 6.08 Å². The van der Waals surface area contributed by atoms with Gasteiger partial charge in [0.05, 0.1) is 13.2 Å². The first-order chi connectivity index (χ1) is 14.1. The van der Waals surface area contributed by atoms with Gasteiger partial charge in [0.15, 0.2) is 8.32 Å². The van der Waals surface area contributed by atoms with Crippen LogP contribution in [-0.4, -0.2) is 42.4 Å². The summed E-state index contributed by atoms with van der Waals surface area (Å²) in [5, 5.41) is 0.182. The van der Waals surface area contributed by atoms with Crippen molar-refractivity contribution in [1.82, 2.24) is 0 Å². The predicted molar refractivity (Wildman–Crippen MR) is 137 cm³/mol. The molecule has 180 valence electrons. The van der Waals surface area contributed by atoms with Crippen LogP contribution < -0.4 is 0 Å². The second kappa shape index (κ2) is 13.0. The van der Waals surface area contributed by atoms with E-state index in [2.05, 4.69) is 87.2 Å². The van der Waals surface area contributed by atoms with Gasteiger partial charge in [0.1, 0.15) is 0 Å². The molecular weight excluding hydrogens is 420 g/mol. The molecule has 0 N–H and O–H groups in total. The first-order valence-electron chi connectivity index (χ1n) is 11.8. The molecule has 0 amide bonds. The zero-order valence-corrected chi connectivity index (χ0v) is 24.3. The molecule has 0 saturated carbocycles. The fourth-order valence-electron chi connectivity index (χ4n) is 3.89. The molecule has 4 nitrogen and oxygen atoms in total. The van der Waals surface area contributed by atoms with Crippen LogP contribution in [0.5, 0.6) is 0 Å². The summed E-state index contributed by atoms with van der Waals surface area (Å²) in [4.78, 5) is 12.1. The summed E-state index contributed by atoms with van der Waals surface area (Å²) in [5.41, 5.74) is 2.11. The lowest BCUT2D eigenvalue weighted by molar-refractivity contribution is -0.137. The molecule has 0 aliphatic heterocycles. The summed E-state index contributed by atoms with van der Waals surface area (Å²) < 4.78 is 18.0. The monoisotopic (exact) mass is 468 g/mol. The first kappa shape index (κ1) is 30.1. The molecule has 0 aliphatic carbocycles. The molecule has 0 saturated heterocycles. The third kappa shape index (κ3) is 9.25. The second-order valence-corrected chi connectivity index (χ2v) is 21.0. The minimum atomic E-state index is -2.04. The van der Waals surface area contributed by atoms with Gasteiger partial charge in [0, 0.05) is 24.7 Å². The summed E-state index contributed by atoms with van der Waals surface area (Å²) in [6.07, 6.45) is 2.12. The Morgan fingerprint density at radius 2 is 1.48 bits per heavy atom. The number of hydrogen-bond acceptors (Lipinski definition) is 4. The number of carbonyl (C=O) groups is 1. The molecule has 0 aliphatic rings. The van der Waals surface area contributed by atoms with Gasteiger partial charge in [-0.2, -0.15) is 0 Å². The highest BCUT2D eigenvalue weighted by atomic mass is 28.4. The van der Waals surface area contributed by atoms with Gasteiger partial charge in [0.2, 0.25) is 8.32 Å². The van der Waals surface area contributed by atoms with E-state index in [-0.39, 0.29) is 11.0 Å². The van der Waals surface area contributed by atoms with Crippen LogP contribution in [0.4, 0.5) is 0 Å². The van der Waals surface area contributed by atoms with E-state index in [1.807, 2.05) is 0 Å². The summed E-state index contributed by atoms with van der Waals surface area (Å²) in [7, 11) is -3.81. The van der Waals surface area contributed by atoms with E-state index in [9.17, 15) is 4.79 Å². The van der Waals surface area contributed by atoms with E-state index in [0.29, 0.717) is 48.4 Å². The average molecular weight is 469 g/mol. The SMILES string of the molecule is CCOC(=O)/C=C(/C#CCCO[Si](C)(C)C(C)(C)C)CO[Si](C(C)C)(C(C)C)C(C)C. The number of carbonyl (C=O) groups excluding carboxylic acids is 1. The van der Waals surface area contributed by atoms with E-state index in [1.54, 1.807) is 6.92 Å². The fourth-order valence-corrected chi connectivity index (χ4v) is 10.3. The molecule has 0 radical (unpaired) electrons. The first-order valence-corrected chi connectivity index (χ1v) is 16.8. The highest BCUT2D eigenvalue weighted by molar-refractivity contribution is 6.77. The highest BCUT2D eigenvalue weighted by Crippen LogP contribution is 2.42. The zero-order valence-electron chi connectivity index (χ0n) is 22.3. The average Bonchev–Trinajstić information content (AvgIpc) is 2.59. The van der Waals surface area contributed by atoms with Crippen molar-refractivity contribution in [2.75, 3.05) is 19.8 Å². The molecule has 0 heterocycles. The Balaban J connectivity index is 5.42. The predicted octanol–water partition coefficient (Wildman–Crippen LogP) is 7.08. The standard InChI is InChI=1S/C25H48O4Si2/c1-13-27-24(26)18-23(16-14-15-17-28-30(11,12)25(8,9)10)19-29-31(20(2)3,21(4)5)22(6)7/h18,20-22H,13,15,17,19H2,1-12H3/b23-18-. The van der Waals surface area contributed by atoms with Gasteiger partial charge in [0.25, 0.3) is 0 Å². The van der Waals surface area contributed by atoms with Crippen molar-refractivity contribution in [1.29, 1.82) is 0 Å². The number of hydrogen-bond donors (Lipinski definition) is 0. The molecule has 0 spiro atoms. The summed E-state index contributed by atoms with van der Waals surface area (Å²) >= 11 is 0. The maximum Gasteiger partial charge on any atom is 0.331 e. The van der Waals surface area contributed by atoms with Crippen LogP contribution in [0.3, 0.4) is 0 Å². The third-order valence-corrected chi connectivity index (χ3v) is 17.1. The maximum absolute atomic E-state index is 12.1. The molecule has 0 atom stereocenters. The Labute approximate surface area is 194 Å². The van der Waals surface area contributed by atoms with Gasteiger partial charge in [-0.25, -0.2) is 4.79 Å². The molecule has 0 fully saturated rings. The van der Waals surface area contributed by atoms with Gasteiger partial charge in [-0.15, -0.1) is 0 Å².